The molecular formula is C30H27Cl2N5O6. The maximum Gasteiger partial charge on any atom is 0.334 e. The number of rotatable bonds is 8. The number of carboxylic acids is 1. The van der Waals surface area contributed by atoms with Gasteiger partial charge in [-0.1, -0.05) is 59.6 Å². The molecule has 2 aromatic heterocycles. The average molecular weight is 624 g/mol. The molecule has 4 aromatic rings. The Morgan fingerprint density at radius 2 is 1.79 bits per heavy atom. The quantitative estimate of drug-likeness (QED) is 0.293. The molecule has 1 atom stereocenters. The van der Waals surface area contributed by atoms with Crippen LogP contribution in [0, 0.1) is 0 Å². The van der Waals surface area contributed by atoms with Crippen LogP contribution in [-0.4, -0.2) is 69.6 Å². The highest BCUT2D eigenvalue weighted by Crippen LogP contribution is 2.41. The minimum absolute atomic E-state index is 0.0715. The first kappa shape index (κ1) is 30.2. The fourth-order valence-electron chi connectivity index (χ4n) is 4.80. The summed E-state index contributed by atoms with van der Waals surface area (Å²) in [6.45, 7) is 1.61. The lowest BCUT2D eigenvalue weighted by Crippen LogP contribution is -2.45. The van der Waals surface area contributed by atoms with Gasteiger partial charge >= 0.3 is 5.97 Å². The molecule has 1 unspecified atom stereocenters. The Bertz CT molecular complexity index is 1760. The van der Waals surface area contributed by atoms with E-state index in [-0.39, 0.29) is 17.1 Å². The molecule has 0 bridgehead atoms. The highest BCUT2D eigenvalue weighted by molar-refractivity contribution is 6.39. The Labute approximate surface area is 256 Å². The highest BCUT2D eigenvalue weighted by Gasteiger charge is 2.27. The standard InChI is InChI=1S/C30H27Cl2N5O6/c1-36-29(39)21(11-12-33-36)27(38)34-23-8-4-6-19(26(23)32)18-5-3-7-20(25(18)31)22-10-9-17(28(35-22)42-2)15-37-13-14-43-24(16-37)30(40)41/h3-12,24H,13-16H2,1-2H3,(H,34,38)(H,40,41). The Morgan fingerprint density at radius 3 is 2.53 bits per heavy atom. The Balaban J connectivity index is 1.42. The number of methoxy groups -OCH3 is 1. The van der Waals surface area contributed by atoms with Gasteiger partial charge in [0.05, 0.1) is 35.1 Å². The summed E-state index contributed by atoms with van der Waals surface area (Å²) in [6.07, 6.45) is 0.488. The third kappa shape index (κ3) is 6.40. The summed E-state index contributed by atoms with van der Waals surface area (Å²) < 4.78 is 12.0. The predicted octanol–water partition coefficient (Wildman–Crippen LogP) is 4.36. The number of ether oxygens (including phenoxy) is 2. The molecule has 1 amide bonds. The number of hydrogen-bond donors (Lipinski definition) is 2. The zero-order chi connectivity index (χ0) is 30.7. The fourth-order valence-corrected chi connectivity index (χ4v) is 5.40. The van der Waals surface area contributed by atoms with E-state index in [9.17, 15) is 19.5 Å². The first-order valence-corrected chi connectivity index (χ1v) is 14.0. The summed E-state index contributed by atoms with van der Waals surface area (Å²) in [5, 5.41) is 16.5. The van der Waals surface area contributed by atoms with Crippen LogP contribution in [-0.2, 0) is 23.1 Å². The number of halogens is 2. The first-order valence-electron chi connectivity index (χ1n) is 13.2. The van der Waals surface area contributed by atoms with Crippen molar-refractivity contribution in [3.63, 3.8) is 0 Å². The van der Waals surface area contributed by atoms with Gasteiger partial charge in [-0.05, 0) is 18.2 Å². The third-order valence-electron chi connectivity index (χ3n) is 7.01. The summed E-state index contributed by atoms with van der Waals surface area (Å²) in [5.41, 5.74) is 2.86. The number of aliphatic carboxylic acids is 1. The van der Waals surface area contributed by atoms with E-state index < -0.39 is 23.5 Å². The number of carboxylic acid groups (broad SMARTS) is 1. The van der Waals surface area contributed by atoms with E-state index in [0.717, 1.165) is 10.2 Å². The van der Waals surface area contributed by atoms with Gasteiger partial charge in [0.25, 0.3) is 11.5 Å². The van der Waals surface area contributed by atoms with E-state index in [1.807, 2.05) is 29.2 Å². The normalized spacial score (nSPS) is 15.2. The van der Waals surface area contributed by atoms with Gasteiger partial charge < -0.3 is 19.9 Å². The molecule has 222 valence electrons. The lowest BCUT2D eigenvalue weighted by atomic mass is 10.00. The SMILES string of the molecule is COc1nc(-c2cccc(-c3cccc(NC(=O)c4ccnn(C)c4=O)c3Cl)c2Cl)ccc1CN1CCOC(C(=O)O)C1. The van der Waals surface area contributed by atoms with E-state index in [1.54, 1.807) is 24.3 Å². The van der Waals surface area contributed by atoms with E-state index in [4.69, 9.17) is 37.7 Å². The molecule has 1 fully saturated rings. The summed E-state index contributed by atoms with van der Waals surface area (Å²) in [4.78, 5) is 43.2. The smallest absolute Gasteiger partial charge is 0.334 e. The topological polar surface area (TPSA) is 136 Å². The Morgan fingerprint density at radius 1 is 1.07 bits per heavy atom. The number of nitrogens with zero attached hydrogens (tertiary/aromatic N) is 4. The van der Waals surface area contributed by atoms with Gasteiger partial charge in [-0.2, -0.15) is 5.10 Å². The number of amides is 1. The first-order chi connectivity index (χ1) is 20.7. The largest absolute Gasteiger partial charge is 0.481 e. The second-order valence-electron chi connectivity index (χ2n) is 9.76. The van der Waals surface area contributed by atoms with Crippen molar-refractivity contribution in [3.05, 3.63) is 92.3 Å². The maximum absolute atomic E-state index is 12.9. The lowest BCUT2D eigenvalue weighted by molar-refractivity contribution is -0.156. The van der Waals surface area contributed by atoms with Crippen molar-refractivity contribution >= 4 is 40.8 Å². The number of pyridine rings is 1. The number of aromatic nitrogens is 3. The van der Waals surface area contributed by atoms with Gasteiger partial charge in [0, 0.05) is 55.1 Å². The van der Waals surface area contributed by atoms with Crippen LogP contribution in [0.3, 0.4) is 0 Å². The molecule has 3 heterocycles. The van der Waals surface area contributed by atoms with Crippen molar-refractivity contribution in [2.75, 3.05) is 32.1 Å². The number of carbonyl (C=O) groups excluding carboxylic acids is 1. The molecule has 0 spiro atoms. The van der Waals surface area contributed by atoms with Crippen molar-refractivity contribution in [2.45, 2.75) is 12.6 Å². The number of aryl methyl sites for hydroxylation is 1. The molecule has 1 saturated heterocycles. The van der Waals surface area contributed by atoms with Crippen LogP contribution in [0.25, 0.3) is 22.4 Å². The highest BCUT2D eigenvalue weighted by atomic mass is 35.5. The van der Waals surface area contributed by atoms with Crippen LogP contribution in [0.15, 0.2) is 65.6 Å². The number of hydrogen-bond acceptors (Lipinski definition) is 8. The lowest BCUT2D eigenvalue weighted by Gasteiger charge is -2.31. The van der Waals surface area contributed by atoms with E-state index in [2.05, 4.69) is 10.4 Å². The maximum atomic E-state index is 12.9. The van der Waals surface area contributed by atoms with Gasteiger partial charge in [-0.3, -0.25) is 14.5 Å². The molecule has 2 aromatic carbocycles. The number of anilines is 1. The second-order valence-corrected chi connectivity index (χ2v) is 10.5. The van der Waals surface area contributed by atoms with E-state index >= 15 is 0 Å². The minimum Gasteiger partial charge on any atom is -0.481 e. The molecule has 0 aliphatic carbocycles. The Kier molecular flexibility index (Phi) is 9.07. The summed E-state index contributed by atoms with van der Waals surface area (Å²) >= 11 is 13.7. The van der Waals surface area contributed by atoms with Crippen molar-refractivity contribution in [1.82, 2.24) is 19.7 Å². The molecule has 0 saturated carbocycles. The number of morpholine rings is 1. The summed E-state index contributed by atoms with van der Waals surface area (Å²) in [6, 6.07) is 15.6. The van der Waals surface area contributed by atoms with Crippen LogP contribution < -0.4 is 15.6 Å². The number of carbonyl (C=O) groups is 2. The van der Waals surface area contributed by atoms with Crippen LogP contribution >= 0.6 is 23.2 Å². The van der Waals surface area contributed by atoms with Gasteiger partial charge in [-0.15, -0.1) is 0 Å². The van der Waals surface area contributed by atoms with Crippen LogP contribution in [0.4, 0.5) is 5.69 Å². The summed E-state index contributed by atoms with van der Waals surface area (Å²) in [5.74, 6) is -1.22. The molecule has 13 heteroatoms. The molecule has 2 N–H and O–H groups in total. The predicted molar refractivity (Wildman–Crippen MR) is 162 cm³/mol. The Hall–Kier alpha value is -4.29. The minimum atomic E-state index is -0.993. The molecule has 11 nitrogen and oxygen atoms in total. The van der Waals surface area contributed by atoms with Crippen LogP contribution in [0.1, 0.15) is 15.9 Å². The second kappa shape index (κ2) is 12.9. The number of benzene rings is 2. The summed E-state index contributed by atoms with van der Waals surface area (Å²) in [7, 11) is 2.98. The molecule has 1 aliphatic rings. The average Bonchev–Trinajstić information content (AvgIpc) is 3.00. The van der Waals surface area contributed by atoms with Crippen molar-refractivity contribution in [3.8, 4) is 28.3 Å². The van der Waals surface area contributed by atoms with Gasteiger partial charge in [0.1, 0.15) is 5.56 Å². The molecular weight excluding hydrogens is 597 g/mol. The van der Waals surface area contributed by atoms with Crippen LogP contribution in [0.2, 0.25) is 10.0 Å². The van der Waals surface area contributed by atoms with Gasteiger partial charge in [-0.25, -0.2) is 14.5 Å². The van der Waals surface area contributed by atoms with Crippen molar-refractivity contribution in [1.29, 1.82) is 0 Å². The monoisotopic (exact) mass is 623 g/mol. The van der Waals surface area contributed by atoms with Gasteiger partial charge in [0.15, 0.2) is 6.10 Å². The fraction of sp³-hybridized carbons (Fsp3) is 0.233. The van der Waals surface area contributed by atoms with Crippen molar-refractivity contribution in [2.24, 2.45) is 7.05 Å². The van der Waals surface area contributed by atoms with Crippen molar-refractivity contribution < 1.29 is 24.2 Å². The zero-order valence-electron chi connectivity index (χ0n) is 23.2. The molecule has 0 radical (unpaired) electrons. The number of nitrogens with one attached hydrogen (secondary N) is 1. The van der Waals surface area contributed by atoms with E-state index in [0.29, 0.717) is 58.7 Å². The molecule has 43 heavy (non-hydrogen) atoms. The molecule has 5 rings (SSSR count). The zero-order valence-corrected chi connectivity index (χ0v) is 24.7. The van der Waals surface area contributed by atoms with E-state index in [1.165, 1.54) is 26.4 Å². The molecule has 1 aliphatic heterocycles. The van der Waals surface area contributed by atoms with Gasteiger partial charge in [0.2, 0.25) is 5.88 Å². The third-order valence-corrected chi connectivity index (χ3v) is 7.83. The van der Waals surface area contributed by atoms with Crippen LogP contribution in [0.5, 0.6) is 5.88 Å².